The number of pyridine rings is 1. The fraction of sp³-hybridized carbons (Fsp3) is 0.182. The second kappa shape index (κ2) is 3.21. The number of aryl methyl sites for hydroxylation is 2. The minimum Gasteiger partial charge on any atom is -0.241 e. The summed E-state index contributed by atoms with van der Waals surface area (Å²) in [6.45, 7) is 3.77. The number of rotatable bonds is 0. The van der Waals surface area contributed by atoms with Gasteiger partial charge in [-0.1, -0.05) is 17.7 Å². The lowest BCUT2D eigenvalue weighted by atomic mass is 10.1. The third-order valence-corrected chi connectivity index (χ3v) is 2.52. The lowest BCUT2D eigenvalue weighted by molar-refractivity contribution is 0.639. The Hall–Kier alpha value is -1.15. The van der Waals surface area contributed by atoms with Crippen LogP contribution in [-0.4, -0.2) is 4.98 Å². The van der Waals surface area contributed by atoms with Gasteiger partial charge < -0.3 is 0 Å². The highest BCUT2D eigenvalue weighted by Crippen LogP contribution is 2.27. The van der Waals surface area contributed by atoms with Gasteiger partial charge in [0.15, 0.2) is 0 Å². The summed E-state index contributed by atoms with van der Waals surface area (Å²) < 4.78 is 13.4. The monoisotopic (exact) mass is 209 g/mol. The van der Waals surface area contributed by atoms with Crippen LogP contribution in [0.3, 0.4) is 0 Å². The molecule has 0 radical (unpaired) electrons. The first kappa shape index (κ1) is 9.41. The number of benzene rings is 1. The van der Waals surface area contributed by atoms with Gasteiger partial charge in [-0.3, -0.25) is 0 Å². The molecule has 0 fully saturated rings. The molecule has 0 aliphatic rings. The fourth-order valence-electron chi connectivity index (χ4n) is 1.54. The van der Waals surface area contributed by atoms with E-state index in [1.807, 2.05) is 19.9 Å². The van der Waals surface area contributed by atoms with Crippen molar-refractivity contribution in [2.24, 2.45) is 0 Å². The van der Waals surface area contributed by atoms with Crippen LogP contribution < -0.4 is 0 Å². The second-order valence-electron chi connectivity index (χ2n) is 3.34. The van der Waals surface area contributed by atoms with Crippen molar-refractivity contribution in [3.05, 3.63) is 40.4 Å². The summed E-state index contributed by atoms with van der Waals surface area (Å²) in [4.78, 5) is 4.03. The van der Waals surface area contributed by atoms with E-state index in [9.17, 15) is 4.39 Å². The standard InChI is InChI=1S/C11H9ClFN/c1-6-3-4-9(13)10-8(6)5-7(2)14-11(10)12/h3-5H,1-2H3. The van der Waals surface area contributed by atoms with E-state index in [4.69, 9.17) is 11.6 Å². The van der Waals surface area contributed by atoms with E-state index in [1.54, 1.807) is 6.07 Å². The van der Waals surface area contributed by atoms with Crippen molar-refractivity contribution in [3.63, 3.8) is 0 Å². The molecule has 2 rings (SSSR count). The highest BCUT2D eigenvalue weighted by atomic mass is 35.5. The maximum Gasteiger partial charge on any atom is 0.140 e. The molecular weight excluding hydrogens is 201 g/mol. The first-order valence-corrected chi connectivity index (χ1v) is 4.69. The molecule has 0 aliphatic heterocycles. The Balaban J connectivity index is 3.00. The van der Waals surface area contributed by atoms with E-state index >= 15 is 0 Å². The zero-order chi connectivity index (χ0) is 10.3. The minimum absolute atomic E-state index is 0.237. The van der Waals surface area contributed by atoms with Crippen molar-refractivity contribution >= 4 is 22.4 Å². The Labute approximate surface area is 86.5 Å². The molecular formula is C11H9ClFN. The summed E-state index contributed by atoms with van der Waals surface area (Å²) in [5, 5.41) is 1.49. The summed E-state index contributed by atoms with van der Waals surface area (Å²) in [6, 6.07) is 5.01. The number of halogens is 2. The summed E-state index contributed by atoms with van der Waals surface area (Å²) in [5.74, 6) is -0.317. The zero-order valence-corrected chi connectivity index (χ0v) is 8.69. The summed E-state index contributed by atoms with van der Waals surface area (Å²) in [5.41, 5.74) is 1.81. The number of hydrogen-bond acceptors (Lipinski definition) is 1. The summed E-state index contributed by atoms with van der Waals surface area (Å²) >= 11 is 5.89. The SMILES string of the molecule is Cc1cc2c(C)ccc(F)c2c(Cl)n1. The lowest BCUT2D eigenvalue weighted by Gasteiger charge is -2.05. The van der Waals surface area contributed by atoms with E-state index in [0.717, 1.165) is 16.6 Å². The number of nitrogens with zero attached hydrogens (tertiary/aromatic N) is 1. The average Bonchev–Trinajstić information content (AvgIpc) is 2.10. The van der Waals surface area contributed by atoms with Crippen molar-refractivity contribution < 1.29 is 4.39 Å². The number of hydrogen-bond donors (Lipinski definition) is 0. The van der Waals surface area contributed by atoms with Gasteiger partial charge in [0.2, 0.25) is 0 Å². The van der Waals surface area contributed by atoms with Gasteiger partial charge in [-0.05, 0) is 36.9 Å². The molecule has 0 saturated heterocycles. The molecule has 0 bridgehead atoms. The third kappa shape index (κ3) is 1.36. The van der Waals surface area contributed by atoms with Crippen LogP contribution in [0.4, 0.5) is 4.39 Å². The Morgan fingerprint density at radius 3 is 2.71 bits per heavy atom. The van der Waals surface area contributed by atoms with Gasteiger partial charge in [0, 0.05) is 5.69 Å². The molecule has 1 nitrogen and oxygen atoms in total. The van der Waals surface area contributed by atoms with Crippen molar-refractivity contribution in [3.8, 4) is 0 Å². The van der Waals surface area contributed by atoms with E-state index in [2.05, 4.69) is 4.98 Å². The molecule has 1 heterocycles. The molecule has 0 amide bonds. The van der Waals surface area contributed by atoms with Crippen LogP contribution in [0.1, 0.15) is 11.3 Å². The van der Waals surface area contributed by atoms with Crippen molar-refractivity contribution in [2.75, 3.05) is 0 Å². The van der Waals surface area contributed by atoms with Crippen LogP contribution in [-0.2, 0) is 0 Å². The Morgan fingerprint density at radius 1 is 1.29 bits per heavy atom. The number of aromatic nitrogens is 1. The molecule has 0 atom stereocenters. The maximum absolute atomic E-state index is 13.4. The highest BCUT2D eigenvalue weighted by Gasteiger charge is 2.08. The minimum atomic E-state index is -0.317. The lowest BCUT2D eigenvalue weighted by Crippen LogP contribution is -1.90. The van der Waals surface area contributed by atoms with Gasteiger partial charge in [0.25, 0.3) is 0 Å². The smallest absolute Gasteiger partial charge is 0.140 e. The van der Waals surface area contributed by atoms with Crippen LogP contribution in [0.15, 0.2) is 18.2 Å². The topological polar surface area (TPSA) is 12.9 Å². The molecule has 0 spiro atoms. The fourth-order valence-corrected chi connectivity index (χ4v) is 1.87. The van der Waals surface area contributed by atoms with Gasteiger partial charge in [-0.15, -0.1) is 0 Å². The van der Waals surface area contributed by atoms with Gasteiger partial charge in [0.05, 0.1) is 5.39 Å². The molecule has 2 aromatic rings. The molecule has 72 valence electrons. The van der Waals surface area contributed by atoms with E-state index in [0.29, 0.717) is 5.39 Å². The Bertz CT molecular complexity index is 508. The second-order valence-corrected chi connectivity index (χ2v) is 3.70. The van der Waals surface area contributed by atoms with Gasteiger partial charge in [0.1, 0.15) is 11.0 Å². The predicted octanol–water partition coefficient (Wildman–Crippen LogP) is 3.64. The first-order chi connectivity index (χ1) is 6.59. The van der Waals surface area contributed by atoms with Gasteiger partial charge in [-0.2, -0.15) is 0 Å². The Kier molecular flexibility index (Phi) is 2.16. The van der Waals surface area contributed by atoms with Crippen molar-refractivity contribution in [1.82, 2.24) is 4.98 Å². The van der Waals surface area contributed by atoms with Crippen LogP contribution in [0.5, 0.6) is 0 Å². The van der Waals surface area contributed by atoms with Gasteiger partial charge >= 0.3 is 0 Å². The first-order valence-electron chi connectivity index (χ1n) is 4.31. The quantitative estimate of drug-likeness (QED) is 0.604. The van der Waals surface area contributed by atoms with Crippen LogP contribution >= 0.6 is 11.6 Å². The van der Waals surface area contributed by atoms with Crippen molar-refractivity contribution in [1.29, 1.82) is 0 Å². The summed E-state index contributed by atoms with van der Waals surface area (Å²) in [6.07, 6.45) is 0. The Morgan fingerprint density at radius 2 is 2.00 bits per heavy atom. The molecule has 3 heteroatoms. The van der Waals surface area contributed by atoms with E-state index in [-0.39, 0.29) is 11.0 Å². The predicted molar refractivity (Wildman–Crippen MR) is 56.2 cm³/mol. The molecule has 1 aromatic carbocycles. The molecule has 0 N–H and O–H groups in total. The maximum atomic E-state index is 13.4. The van der Waals surface area contributed by atoms with E-state index in [1.165, 1.54) is 6.07 Å². The normalized spacial score (nSPS) is 10.9. The average molecular weight is 210 g/mol. The molecule has 0 saturated carbocycles. The van der Waals surface area contributed by atoms with Crippen LogP contribution in [0.2, 0.25) is 5.15 Å². The zero-order valence-electron chi connectivity index (χ0n) is 7.94. The van der Waals surface area contributed by atoms with Gasteiger partial charge in [-0.25, -0.2) is 9.37 Å². The third-order valence-electron chi connectivity index (χ3n) is 2.25. The molecule has 0 unspecified atom stereocenters. The molecule has 0 aliphatic carbocycles. The van der Waals surface area contributed by atoms with Crippen LogP contribution in [0, 0.1) is 19.7 Å². The number of fused-ring (bicyclic) bond motifs is 1. The van der Waals surface area contributed by atoms with E-state index < -0.39 is 0 Å². The molecule has 1 aromatic heterocycles. The largest absolute Gasteiger partial charge is 0.241 e. The van der Waals surface area contributed by atoms with Crippen molar-refractivity contribution in [2.45, 2.75) is 13.8 Å². The van der Waals surface area contributed by atoms with Crippen LogP contribution in [0.25, 0.3) is 10.8 Å². The summed E-state index contributed by atoms with van der Waals surface area (Å²) in [7, 11) is 0. The highest BCUT2D eigenvalue weighted by molar-refractivity contribution is 6.34. The molecule has 14 heavy (non-hydrogen) atoms.